The van der Waals surface area contributed by atoms with E-state index in [1.165, 1.54) is 25.3 Å². The number of benzene rings is 1. The van der Waals surface area contributed by atoms with Crippen molar-refractivity contribution in [2.45, 2.75) is 25.7 Å². The van der Waals surface area contributed by atoms with Gasteiger partial charge >= 0.3 is 0 Å². The molecule has 0 atom stereocenters. The summed E-state index contributed by atoms with van der Waals surface area (Å²) in [7, 11) is 1.76. The summed E-state index contributed by atoms with van der Waals surface area (Å²) in [6.07, 6.45) is 4.63. The van der Waals surface area contributed by atoms with Gasteiger partial charge in [0.1, 0.15) is 5.82 Å². The standard InChI is InChI=1S/C15H22FN3/c1-17-15(18-10-8-12-6-7-12)19-11-9-13-4-2-3-5-14(13)16/h2-5,12H,6-11H2,1H3,(H2,17,18,19). The normalized spacial score (nSPS) is 15.4. The van der Waals surface area contributed by atoms with Crippen molar-refractivity contribution in [2.75, 3.05) is 20.1 Å². The van der Waals surface area contributed by atoms with E-state index >= 15 is 0 Å². The van der Waals surface area contributed by atoms with Crippen LogP contribution in [0.2, 0.25) is 0 Å². The van der Waals surface area contributed by atoms with Gasteiger partial charge in [-0.3, -0.25) is 4.99 Å². The summed E-state index contributed by atoms with van der Waals surface area (Å²) in [6.45, 7) is 1.65. The van der Waals surface area contributed by atoms with Crippen molar-refractivity contribution in [3.63, 3.8) is 0 Å². The predicted octanol–water partition coefficient (Wildman–Crippen LogP) is 2.33. The largest absolute Gasteiger partial charge is 0.356 e. The van der Waals surface area contributed by atoms with Gasteiger partial charge in [0, 0.05) is 20.1 Å². The highest BCUT2D eigenvalue weighted by Crippen LogP contribution is 2.31. The maximum atomic E-state index is 13.4. The van der Waals surface area contributed by atoms with E-state index in [0.717, 1.165) is 24.0 Å². The average molecular weight is 263 g/mol. The molecule has 2 rings (SSSR count). The Morgan fingerprint density at radius 2 is 2.00 bits per heavy atom. The number of nitrogens with one attached hydrogen (secondary N) is 2. The maximum Gasteiger partial charge on any atom is 0.190 e. The molecule has 0 spiro atoms. The monoisotopic (exact) mass is 263 g/mol. The van der Waals surface area contributed by atoms with E-state index in [2.05, 4.69) is 15.6 Å². The van der Waals surface area contributed by atoms with Gasteiger partial charge in [-0.05, 0) is 30.4 Å². The van der Waals surface area contributed by atoms with Crippen LogP contribution in [0.1, 0.15) is 24.8 Å². The first-order valence-electron chi connectivity index (χ1n) is 6.97. The molecule has 1 aliphatic carbocycles. The summed E-state index contributed by atoms with van der Waals surface area (Å²) in [6, 6.07) is 6.89. The zero-order chi connectivity index (χ0) is 13.5. The molecular formula is C15H22FN3. The van der Waals surface area contributed by atoms with Gasteiger partial charge < -0.3 is 10.6 Å². The molecule has 2 N–H and O–H groups in total. The van der Waals surface area contributed by atoms with Crippen LogP contribution in [0.3, 0.4) is 0 Å². The van der Waals surface area contributed by atoms with Crippen LogP contribution in [-0.4, -0.2) is 26.1 Å². The third-order valence-electron chi connectivity index (χ3n) is 3.41. The molecule has 19 heavy (non-hydrogen) atoms. The predicted molar refractivity (Wildman–Crippen MR) is 76.8 cm³/mol. The van der Waals surface area contributed by atoms with E-state index < -0.39 is 0 Å². The summed E-state index contributed by atoms with van der Waals surface area (Å²) in [5.74, 6) is 1.59. The van der Waals surface area contributed by atoms with Crippen molar-refractivity contribution in [1.29, 1.82) is 0 Å². The fourth-order valence-electron chi connectivity index (χ4n) is 2.04. The highest BCUT2D eigenvalue weighted by molar-refractivity contribution is 5.79. The van der Waals surface area contributed by atoms with Crippen molar-refractivity contribution in [1.82, 2.24) is 10.6 Å². The van der Waals surface area contributed by atoms with Gasteiger partial charge in [-0.1, -0.05) is 31.0 Å². The molecule has 0 heterocycles. The SMILES string of the molecule is CN=C(NCCc1ccccc1F)NCCC1CC1. The van der Waals surface area contributed by atoms with Crippen molar-refractivity contribution >= 4 is 5.96 Å². The Kier molecular flexibility index (Phi) is 5.19. The van der Waals surface area contributed by atoms with Crippen LogP contribution in [0, 0.1) is 11.7 Å². The van der Waals surface area contributed by atoms with Crippen LogP contribution in [0.4, 0.5) is 4.39 Å². The molecule has 3 nitrogen and oxygen atoms in total. The zero-order valence-electron chi connectivity index (χ0n) is 11.5. The summed E-state index contributed by atoms with van der Waals surface area (Å²) >= 11 is 0. The number of hydrogen-bond donors (Lipinski definition) is 2. The second kappa shape index (κ2) is 7.12. The highest BCUT2D eigenvalue weighted by Gasteiger charge is 2.20. The lowest BCUT2D eigenvalue weighted by molar-refractivity contribution is 0.606. The van der Waals surface area contributed by atoms with Crippen molar-refractivity contribution in [3.8, 4) is 0 Å². The Balaban J connectivity index is 1.66. The first kappa shape index (κ1) is 13.8. The molecule has 1 aliphatic rings. The third kappa shape index (κ3) is 4.89. The average Bonchev–Trinajstić information content (AvgIpc) is 3.23. The lowest BCUT2D eigenvalue weighted by Gasteiger charge is -2.11. The smallest absolute Gasteiger partial charge is 0.190 e. The van der Waals surface area contributed by atoms with Crippen LogP contribution in [0.5, 0.6) is 0 Å². The number of nitrogens with zero attached hydrogens (tertiary/aromatic N) is 1. The molecule has 1 aromatic rings. The Labute approximate surface area is 114 Å². The number of guanidine groups is 1. The van der Waals surface area contributed by atoms with E-state index in [-0.39, 0.29) is 5.82 Å². The van der Waals surface area contributed by atoms with Gasteiger partial charge in [0.05, 0.1) is 0 Å². The molecule has 0 aliphatic heterocycles. The fraction of sp³-hybridized carbons (Fsp3) is 0.533. The van der Waals surface area contributed by atoms with E-state index in [0.29, 0.717) is 13.0 Å². The van der Waals surface area contributed by atoms with Gasteiger partial charge in [-0.2, -0.15) is 0 Å². The number of halogens is 1. The first-order chi connectivity index (χ1) is 9.29. The fourth-order valence-corrected chi connectivity index (χ4v) is 2.04. The molecule has 0 bridgehead atoms. The van der Waals surface area contributed by atoms with Crippen LogP contribution in [0.25, 0.3) is 0 Å². The summed E-state index contributed by atoms with van der Waals surface area (Å²) in [5, 5.41) is 6.50. The molecule has 1 aromatic carbocycles. The number of hydrogen-bond acceptors (Lipinski definition) is 1. The maximum absolute atomic E-state index is 13.4. The highest BCUT2D eigenvalue weighted by atomic mass is 19.1. The molecule has 1 fully saturated rings. The minimum atomic E-state index is -0.138. The molecule has 0 unspecified atom stereocenters. The number of rotatable bonds is 6. The quantitative estimate of drug-likeness (QED) is 0.610. The van der Waals surface area contributed by atoms with E-state index in [1.54, 1.807) is 13.1 Å². The lowest BCUT2D eigenvalue weighted by Crippen LogP contribution is -2.38. The van der Waals surface area contributed by atoms with Gasteiger partial charge in [0.25, 0.3) is 0 Å². The summed E-state index contributed by atoms with van der Waals surface area (Å²) < 4.78 is 13.4. The Morgan fingerprint density at radius 3 is 2.68 bits per heavy atom. The Hall–Kier alpha value is -1.58. The van der Waals surface area contributed by atoms with Crippen LogP contribution in [0.15, 0.2) is 29.3 Å². The van der Waals surface area contributed by atoms with Crippen molar-refractivity contribution in [3.05, 3.63) is 35.6 Å². The molecule has 0 aromatic heterocycles. The Morgan fingerprint density at radius 1 is 1.26 bits per heavy atom. The zero-order valence-corrected chi connectivity index (χ0v) is 11.5. The van der Waals surface area contributed by atoms with Gasteiger partial charge in [0.2, 0.25) is 0 Å². The van der Waals surface area contributed by atoms with E-state index in [4.69, 9.17) is 0 Å². The van der Waals surface area contributed by atoms with Crippen LogP contribution < -0.4 is 10.6 Å². The summed E-state index contributed by atoms with van der Waals surface area (Å²) in [4.78, 5) is 4.16. The Bertz CT molecular complexity index is 427. The van der Waals surface area contributed by atoms with Gasteiger partial charge in [-0.25, -0.2) is 4.39 Å². The lowest BCUT2D eigenvalue weighted by atomic mass is 10.1. The minimum absolute atomic E-state index is 0.138. The van der Waals surface area contributed by atoms with Crippen LogP contribution in [-0.2, 0) is 6.42 Å². The van der Waals surface area contributed by atoms with Gasteiger partial charge in [0.15, 0.2) is 5.96 Å². The second-order valence-electron chi connectivity index (χ2n) is 5.00. The van der Waals surface area contributed by atoms with E-state index in [9.17, 15) is 4.39 Å². The first-order valence-corrected chi connectivity index (χ1v) is 6.97. The minimum Gasteiger partial charge on any atom is -0.356 e. The summed E-state index contributed by atoms with van der Waals surface area (Å²) in [5.41, 5.74) is 0.739. The molecule has 1 saturated carbocycles. The molecule has 0 radical (unpaired) electrons. The molecule has 4 heteroatoms. The molecule has 0 saturated heterocycles. The molecule has 104 valence electrons. The number of aliphatic imine (C=N–C) groups is 1. The third-order valence-corrected chi connectivity index (χ3v) is 3.41. The van der Waals surface area contributed by atoms with Crippen molar-refractivity contribution in [2.24, 2.45) is 10.9 Å². The topological polar surface area (TPSA) is 36.4 Å². The second-order valence-corrected chi connectivity index (χ2v) is 5.00. The molecule has 0 amide bonds. The van der Waals surface area contributed by atoms with E-state index in [1.807, 2.05) is 12.1 Å². The van der Waals surface area contributed by atoms with Crippen molar-refractivity contribution < 1.29 is 4.39 Å². The van der Waals surface area contributed by atoms with Crippen LogP contribution >= 0.6 is 0 Å². The van der Waals surface area contributed by atoms with Gasteiger partial charge in [-0.15, -0.1) is 0 Å². The molecular weight excluding hydrogens is 241 g/mol.